The molecular formula is C29H28Cl2N4O3S. The number of anilines is 1. The molecule has 0 radical (unpaired) electrons. The monoisotopic (exact) mass is 582 g/mol. The second-order valence-corrected chi connectivity index (χ2v) is 12.6. The van der Waals surface area contributed by atoms with Crippen LogP contribution in [0.4, 0.5) is 5.13 Å². The van der Waals surface area contributed by atoms with Crippen LogP contribution in [0.3, 0.4) is 0 Å². The zero-order valence-corrected chi connectivity index (χ0v) is 23.8. The number of aromatic nitrogens is 2. The number of carbonyl (C=O) groups is 1. The topological polar surface area (TPSA) is 80.5 Å². The van der Waals surface area contributed by atoms with E-state index in [2.05, 4.69) is 15.4 Å². The summed E-state index contributed by atoms with van der Waals surface area (Å²) in [6.07, 6.45) is 6.67. The van der Waals surface area contributed by atoms with Crippen molar-refractivity contribution >= 4 is 55.9 Å². The molecule has 3 fully saturated rings. The number of fused-ring (bicyclic) bond motifs is 3. The number of piperidine rings is 1. The lowest BCUT2D eigenvalue weighted by Crippen LogP contribution is -2.49. The molecule has 1 saturated carbocycles. The van der Waals surface area contributed by atoms with Gasteiger partial charge in [-0.2, -0.15) is 0 Å². The largest absolute Gasteiger partial charge is 0.465 e. The normalized spacial score (nSPS) is 22.5. The molecule has 10 heteroatoms. The molecule has 4 heterocycles. The lowest BCUT2D eigenvalue weighted by molar-refractivity contribution is 0.0601. The van der Waals surface area contributed by atoms with E-state index in [9.17, 15) is 4.79 Å². The number of esters is 1. The van der Waals surface area contributed by atoms with E-state index < -0.39 is 0 Å². The molecule has 1 aliphatic carbocycles. The van der Waals surface area contributed by atoms with Crippen molar-refractivity contribution < 1.29 is 14.1 Å². The van der Waals surface area contributed by atoms with Gasteiger partial charge in [-0.1, -0.05) is 45.8 Å². The molecule has 0 spiro atoms. The summed E-state index contributed by atoms with van der Waals surface area (Å²) in [5.74, 6) is 1.08. The van der Waals surface area contributed by atoms with E-state index in [1.165, 1.54) is 7.11 Å². The number of carbonyl (C=O) groups excluding carboxylic acids is 1. The van der Waals surface area contributed by atoms with E-state index in [1.54, 1.807) is 17.4 Å². The molecule has 2 aromatic carbocycles. The number of hydrogen-bond acceptors (Lipinski definition) is 8. The van der Waals surface area contributed by atoms with E-state index in [0.717, 1.165) is 76.5 Å². The fourth-order valence-corrected chi connectivity index (χ4v) is 7.97. The first-order valence-electron chi connectivity index (χ1n) is 13.4. The zero-order chi connectivity index (χ0) is 26.7. The third-order valence-corrected chi connectivity index (χ3v) is 9.95. The Labute approximate surface area is 240 Å². The summed E-state index contributed by atoms with van der Waals surface area (Å²) in [6, 6.07) is 12.4. The van der Waals surface area contributed by atoms with Crippen LogP contribution < -0.4 is 10.2 Å². The number of hydrogen-bond donors (Lipinski definition) is 1. The number of thiazole rings is 1. The highest BCUT2D eigenvalue weighted by Gasteiger charge is 2.42. The van der Waals surface area contributed by atoms with Crippen LogP contribution in [-0.4, -0.2) is 41.3 Å². The molecule has 1 N–H and O–H groups in total. The molecule has 2 saturated heterocycles. The fraction of sp³-hybridized carbons (Fsp3) is 0.414. The van der Waals surface area contributed by atoms with E-state index >= 15 is 0 Å². The quantitative estimate of drug-likeness (QED) is 0.230. The number of halogens is 2. The standard InChI is InChI=1S/C29H28Cl2N4O3S/c1-37-28(36)16-7-10-23-24(11-16)39-29(33-23)35-18-8-9-19(35)13-17(12-18)32-14-20-26(34-38-27(20)15-5-6-15)25-21(30)3-2-4-22(25)31/h2-4,7,10-11,15,17-19,32H,5-6,8-9,12-14H2,1H3. The molecule has 4 aromatic rings. The van der Waals surface area contributed by atoms with Crippen molar-refractivity contribution in [3.8, 4) is 11.3 Å². The smallest absolute Gasteiger partial charge is 0.337 e. The number of benzene rings is 2. The van der Waals surface area contributed by atoms with Crippen molar-refractivity contribution in [2.45, 2.75) is 69.1 Å². The number of rotatable bonds is 7. The molecular weight excluding hydrogens is 555 g/mol. The third kappa shape index (κ3) is 4.61. The van der Waals surface area contributed by atoms with Crippen molar-refractivity contribution in [3.05, 3.63) is 63.3 Å². The highest BCUT2D eigenvalue weighted by Crippen LogP contribution is 2.46. The number of nitrogens with zero attached hydrogens (tertiary/aromatic N) is 3. The maximum absolute atomic E-state index is 12.0. The van der Waals surface area contributed by atoms with Crippen LogP contribution in [0.5, 0.6) is 0 Å². The predicted octanol–water partition coefficient (Wildman–Crippen LogP) is 7.21. The Hall–Kier alpha value is -2.65. The number of ether oxygens (including phenoxy) is 1. The molecule has 7 nitrogen and oxygen atoms in total. The summed E-state index contributed by atoms with van der Waals surface area (Å²) >= 11 is 14.8. The summed E-state index contributed by atoms with van der Waals surface area (Å²) in [5.41, 5.74) is 4.06. The molecule has 7 rings (SSSR count). The second kappa shape index (κ2) is 10.1. The van der Waals surface area contributed by atoms with Gasteiger partial charge in [-0.05, 0) is 68.9 Å². The summed E-state index contributed by atoms with van der Waals surface area (Å²) in [6.45, 7) is 0.674. The lowest BCUT2D eigenvalue weighted by Gasteiger charge is -2.39. The summed E-state index contributed by atoms with van der Waals surface area (Å²) in [4.78, 5) is 19.4. The molecule has 2 bridgehead atoms. The SMILES string of the molecule is COC(=O)c1ccc2nc(N3C4CCC3CC(NCc3c(-c5c(Cl)cccc5Cl)noc3C3CC3)C4)sc2c1. The van der Waals surface area contributed by atoms with Gasteiger partial charge in [-0.25, -0.2) is 9.78 Å². The average molecular weight is 584 g/mol. The maximum atomic E-state index is 12.0. The van der Waals surface area contributed by atoms with Gasteiger partial charge in [0.1, 0.15) is 11.5 Å². The third-order valence-electron chi connectivity index (χ3n) is 8.29. The van der Waals surface area contributed by atoms with Crippen molar-refractivity contribution in [1.29, 1.82) is 0 Å². The highest BCUT2D eigenvalue weighted by atomic mass is 35.5. The van der Waals surface area contributed by atoms with Crippen LogP contribution >= 0.6 is 34.5 Å². The Morgan fingerprint density at radius 2 is 1.87 bits per heavy atom. The van der Waals surface area contributed by atoms with E-state index in [-0.39, 0.29) is 5.97 Å². The van der Waals surface area contributed by atoms with Gasteiger partial charge in [0, 0.05) is 41.7 Å². The van der Waals surface area contributed by atoms with Crippen LogP contribution in [0.25, 0.3) is 21.5 Å². The van der Waals surface area contributed by atoms with Gasteiger partial charge in [0.2, 0.25) is 0 Å². The molecule has 2 atom stereocenters. The Balaban J connectivity index is 1.09. The lowest BCUT2D eigenvalue weighted by atomic mass is 9.97. The summed E-state index contributed by atoms with van der Waals surface area (Å²) in [7, 11) is 1.41. The van der Waals surface area contributed by atoms with Crippen LogP contribution in [-0.2, 0) is 11.3 Å². The van der Waals surface area contributed by atoms with Gasteiger partial charge in [0.05, 0.1) is 32.9 Å². The zero-order valence-electron chi connectivity index (χ0n) is 21.5. The van der Waals surface area contributed by atoms with Gasteiger partial charge < -0.3 is 19.5 Å². The van der Waals surface area contributed by atoms with Crippen molar-refractivity contribution in [3.63, 3.8) is 0 Å². The predicted molar refractivity (Wildman–Crippen MR) is 154 cm³/mol. The van der Waals surface area contributed by atoms with E-state index in [4.69, 9.17) is 37.4 Å². The first-order chi connectivity index (χ1) is 19.0. The molecule has 39 heavy (non-hydrogen) atoms. The van der Waals surface area contributed by atoms with Crippen molar-refractivity contribution in [2.24, 2.45) is 0 Å². The molecule has 202 valence electrons. The molecule has 3 aliphatic rings. The Kier molecular flexibility index (Phi) is 6.54. The van der Waals surface area contributed by atoms with Crippen LogP contribution in [0.15, 0.2) is 40.9 Å². The van der Waals surface area contributed by atoms with Gasteiger partial charge in [0.25, 0.3) is 0 Å². The molecule has 2 aromatic heterocycles. The Bertz CT molecular complexity index is 1530. The number of methoxy groups -OCH3 is 1. The van der Waals surface area contributed by atoms with Crippen molar-refractivity contribution in [1.82, 2.24) is 15.5 Å². The van der Waals surface area contributed by atoms with Gasteiger partial charge in [-0.15, -0.1) is 0 Å². The van der Waals surface area contributed by atoms with Gasteiger partial charge in [0.15, 0.2) is 5.13 Å². The average Bonchev–Trinajstić information content (AvgIpc) is 3.46. The minimum absolute atomic E-state index is 0.323. The fourth-order valence-electron chi connectivity index (χ4n) is 6.25. The van der Waals surface area contributed by atoms with E-state index in [1.807, 2.05) is 30.3 Å². The first kappa shape index (κ1) is 25.3. The van der Waals surface area contributed by atoms with Gasteiger partial charge in [-0.3, -0.25) is 0 Å². The van der Waals surface area contributed by atoms with Crippen molar-refractivity contribution in [2.75, 3.05) is 12.0 Å². The Morgan fingerprint density at radius 1 is 1.13 bits per heavy atom. The van der Waals surface area contributed by atoms with Crippen LogP contribution in [0.1, 0.15) is 66.1 Å². The van der Waals surface area contributed by atoms with Crippen LogP contribution in [0, 0.1) is 0 Å². The molecule has 2 unspecified atom stereocenters. The molecule has 0 amide bonds. The van der Waals surface area contributed by atoms with Gasteiger partial charge >= 0.3 is 5.97 Å². The van der Waals surface area contributed by atoms with Crippen LogP contribution in [0.2, 0.25) is 10.0 Å². The first-order valence-corrected chi connectivity index (χ1v) is 15.0. The number of nitrogens with one attached hydrogen (secondary N) is 1. The molecule has 2 aliphatic heterocycles. The summed E-state index contributed by atoms with van der Waals surface area (Å²) < 4.78 is 11.8. The van der Waals surface area contributed by atoms with E-state index in [0.29, 0.717) is 46.2 Å². The maximum Gasteiger partial charge on any atom is 0.337 e. The summed E-state index contributed by atoms with van der Waals surface area (Å²) in [5, 5.41) is 10.5. The Morgan fingerprint density at radius 3 is 2.56 bits per heavy atom. The second-order valence-electron chi connectivity index (χ2n) is 10.8. The minimum atomic E-state index is -0.323. The minimum Gasteiger partial charge on any atom is -0.465 e. The highest BCUT2D eigenvalue weighted by molar-refractivity contribution is 7.22.